The smallest absolute Gasteiger partial charge is 0.335 e. The molecule has 7 nitrogen and oxygen atoms in total. The molecule has 0 aliphatic heterocycles. The van der Waals surface area contributed by atoms with E-state index in [9.17, 15) is 14.4 Å². The Hall–Kier alpha value is -4.65. The van der Waals surface area contributed by atoms with Crippen molar-refractivity contribution in [2.75, 3.05) is 7.11 Å². The largest absolute Gasteiger partial charge is 0.497 e. The number of benzene rings is 3. The molecule has 0 atom stereocenters. The van der Waals surface area contributed by atoms with Crippen molar-refractivity contribution < 1.29 is 33.3 Å². The van der Waals surface area contributed by atoms with Crippen molar-refractivity contribution in [2.24, 2.45) is 0 Å². The summed E-state index contributed by atoms with van der Waals surface area (Å²) >= 11 is 0. The van der Waals surface area contributed by atoms with Gasteiger partial charge in [0.25, 0.3) is 0 Å². The zero-order valence-electron chi connectivity index (χ0n) is 19.2. The molecule has 0 aromatic heterocycles. The van der Waals surface area contributed by atoms with E-state index in [1.807, 2.05) is 36.4 Å². The van der Waals surface area contributed by atoms with E-state index in [-0.39, 0.29) is 17.9 Å². The van der Waals surface area contributed by atoms with Crippen molar-refractivity contribution in [3.8, 4) is 34.1 Å². The third kappa shape index (κ3) is 7.17. The van der Waals surface area contributed by atoms with Gasteiger partial charge in [-0.05, 0) is 59.5 Å². The van der Waals surface area contributed by atoms with Gasteiger partial charge in [0.15, 0.2) is 11.5 Å². The Morgan fingerprint density at radius 3 is 1.80 bits per heavy atom. The molecule has 0 radical (unpaired) electrons. The van der Waals surface area contributed by atoms with Crippen LogP contribution in [0.15, 0.2) is 92.0 Å². The Balaban J connectivity index is 1.61. The summed E-state index contributed by atoms with van der Waals surface area (Å²) in [6, 6.07) is 19.5. The second kappa shape index (κ2) is 12.0. The fourth-order valence-electron chi connectivity index (χ4n) is 3.10. The fourth-order valence-corrected chi connectivity index (χ4v) is 3.10. The number of rotatable bonds is 10. The fraction of sp³-hybridized carbons (Fsp3) is 0.107. The van der Waals surface area contributed by atoms with Gasteiger partial charge in [-0.1, -0.05) is 43.5 Å². The van der Waals surface area contributed by atoms with Gasteiger partial charge in [0.2, 0.25) is 0 Å². The maximum atomic E-state index is 12.4. The molecule has 3 aromatic carbocycles. The third-order valence-electron chi connectivity index (χ3n) is 4.89. The monoisotopic (exact) mass is 472 g/mol. The van der Waals surface area contributed by atoms with Crippen LogP contribution in [0.3, 0.4) is 0 Å². The molecule has 0 aliphatic carbocycles. The summed E-state index contributed by atoms with van der Waals surface area (Å²) in [7, 11) is 1.62. The highest BCUT2D eigenvalue weighted by Crippen LogP contribution is 2.30. The normalized spacial score (nSPS) is 10.1. The average molecular weight is 472 g/mol. The van der Waals surface area contributed by atoms with Crippen molar-refractivity contribution in [1.82, 2.24) is 0 Å². The quantitative estimate of drug-likeness (QED) is 0.231. The summed E-state index contributed by atoms with van der Waals surface area (Å²) in [6.45, 7) is 6.69. The molecule has 0 amide bonds. The summed E-state index contributed by atoms with van der Waals surface area (Å²) < 4.78 is 20.8. The van der Waals surface area contributed by atoms with Crippen molar-refractivity contribution in [3.05, 3.63) is 97.6 Å². The van der Waals surface area contributed by atoms with E-state index in [2.05, 4.69) is 13.2 Å². The van der Waals surface area contributed by atoms with Crippen molar-refractivity contribution in [1.29, 1.82) is 0 Å². The number of carbonyl (C=O) groups is 3. The molecule has 0 saturated heterocycles. The second-order valence-corrected chi connectivity index (χ2v) is 7.26. The molecular formula is C28H24O7. The van der Waals surface area contributed by atoms with Crippen LogP contribution in [-0.4, -0.2) is 25.0 Å². The molecule has 7 heteroatoms. The topological polar surface area (TPSA) is 88.1 Å². The molecule has 3 rings (SSSR count). The lowest BCUT2D eigenvalue weighted by atomic mass is 10.1. The molecular weight excluding hydrogens is 448 g/mol. The van der Waals surface area contributed by atoms with Crippen LogP contribution in [-0.2, 0) is 20.8 Å². The van der Waals surface area contributed by atoms with Crippen LogP contribution in [0.2, 0.25) is 0 Å². The maximum Gasteiger partial charge on any atom is 0.335 e. The van der Waals surface area contributed by atoms with Gasteiger partial charge >= 0.3 is 17.9 Å². The molecule has 0 heterocycles. The van der Waals surface area contributed by atoms with Crippen LogP contribution in [0.5, 0.6) is 23.0 Å². The molecule has 0 fully saturated rings. The Morgan fingerprint density at radius 1 is 0.714 bits per heavy atom. The number of ether oxygens (including phenoxy) is 4. The summed E-state index contributed by atoms with van der Waals surface area (Å²) in [5.74, 6) is -0.546. The summed E-state index contributed by atoms with van der Waals surface area (Å²) in [6.07, 6.45) is 2.38. The minimum absolute atomic E-state index is 0.0325. The minimum Gasteiger partial charge on any atom is -0.497 e. The first-order chi connectivity index (χ1) is 16.9. The van der Waals surface area contributed by atoms with E-state index >= 15 is 0 Å². The van der Waals surface area contributed by atoms with Gasteiger partial charge < -0.3 is 18.9 Å². The Bertz CT molecular complexity index is 1230. The SMILES string of the molecule is C=CC(=O)Oc1ccc(CCC(=O)Oc2ccc(-c3ccc(OC)cc3)cc2)cc1OC(=O)C=C. The molecule has 178 valence electrons. The minimum atomic E-state index is -0.712. The summed E-state index contributed by atoms with van der Waals surface area (Å²) in [5, 5.41) is 0. The van der Waals surface area contributed by atoms with Gasteiger partial charge in [-0.2, -0.15) is 0 Å². The predicted octanol–water partition coefficient (Wildman–Crippen LogP) is 5.08. The number of hydrogen-bond donors (Lipinski definition) is 0. The van der Waals surface area contributed by atoms with E-state index in [0.29, 0.717) is 17.7 Å². The molecule has 3 aromatic rings. The van der Waals surface area contributed by atoms with Gasteiger partial charge in [0, 0.05) is 18.6 Å². The van der Waals surface area contributed by atoms with Crippen molar-refractivity contribution in [3.63, 3.8) is 0 Å². The number of methoxy groups -OCH3 is 1. The Labute approximate surface area is 203 Å². The van der Waals surface area contributed by atoms with E-state index in [0.717, 1.165) is 29.0 Å². The molecule has 0 bridgehead atoms. The van der Waals surface area contributed by atoms with E-state index in [1.165, 1.54) is 12.1 Å². The van der Waals surface area contributed by atoms with Gasteiger partial charge in [-0.25, -0.2) is 9.59 Å². The van der Waals surface area contributed by atoms with Crippen LogP contribution in [0.25, 0.3) is 11.1 Å². The molecule has 0 aliphatic rings. The highest BCUT2D eigenvalue weighted by atomic mass is 16.6. The Kier molecular flexibility index (Phi) is 8.56. The lowest BCUT2D eigenvalue weighted by Crippen LogP contribution is -2.10. The average Bonchev–Trinajstić information content (AvgIpc) is 2.89. The van der Waals surface area contributed by atoms with E-state index in [1.54, 1.807) is 25.3 Å². The molecule has 35 heavy (non-hydrogen) atoms. The highest BCUT2D eigenvalue weighted by Gasteiger charge is 2.14. The van der Waals surface area contributed by atoms with Crippen LogP contribution in [0, 0.1) is 0 Å². The van der Waals surface area contributed by atoms with Gasteiger partial charge in [-0.3, -0.25) is 4.79 Å². The number of aryl methyl sites for hydroxylation is 1. The highest BCUT2D eigenvalue weighted by molar-refractivity contribution is 5.86. The van der Waals surface area contributed by atoms with Crippen LogP contribution >= 0.6 is 0 Å². The number of esters is 3. The first-order valence-electron chi connectivity index (χ1n) is 10.7. The lowest BCUT2D eigenvalue weighted by molar-refractivity contribution is -0.134. The molecule has 0 spiro atoms. The summed E-state index contributed by atoms with van der Waals surface area (Å²) in [4.78, 5) is 35.5. The third-order valence-corrected chi connectivity index (χ3v) is 4.89. The summed E-state index contributed by atoms with van der Waals surface area (Å²) in [5.41, 5.74) is 2.67. The van der Waals surface area contributed by atoms with Gasteiger partial charge in [-0.15, -0.1) is 0 Å². The van der Waals surface area contributed by atoms with Crippen molar-refractivity contribution >= 4 is 17.9 Å². The lowest BCUT2D eigenvalue weighted by Gasteiger charge is -2.11. The molecule has 0 unspecified atom stereocenters. The number of carbonyl (C=O) groups excluding carboxylic acids is 3. The zero-order valence-corrected chi connectivity index (χ0v) is 19.2. The van der Waals surface area contributed by atoms with Crippen LogP contribution in [0.1, 0.15) is 12.0 Å². The van der Waals surface area contributed by atoms with Crippen molar-refractivity contribution in [2.45, 2.75) is 12.8 Å². The van der Waals surface area contributed by atoms with E-state index < -0.39 is 17.9 Å². The first kappa shape index (κ1) is 25.0. The first-order valence-corrected chi connectivity index (χ1v) is 10.7. The molecule has 0 N–H and O–H groups in total. The van der Waals surface area contributed by atoms with Crippen LogP contribution < -0.4 is 18.9 Å². The standard InChI is InChI=1S/C28H24O7/c1-4-26(29)34-24-16-6-19(18-25(24)35-27(30)5-2)7-17-28(31)33-23-14-10-21(11-15-23)20-8-12-22(32-3)13-9-20/h4-6,8-16,18H,1-2,7,17H2,3H3. The van der Waals surface area contributed by atoms with Crippen LogP contribution in [0.4, 0.5) is 0 Å². The van der Waals surface area contributed by atoms with E-state index in [4.69, 9.17) is 18.9 Å². The van der Waals surface area contributed by atoms with Gasteiger partial charge in [0.1, 0.15) is 11.5 Å². The Morgan fingerprint density at radius 2 is 1.26 bits per heavy atom. The molecule has 0 saturated carbocycles. The zero-order chi connectivity index (χ0) is 25.2. The second-order valence-electron chi connectivity index (χ2n) is 7.26. The van der Waals surface area contributed by atoms with Gasteiger partial charge in [0.05, 0.1) is 7.11 Å². The predicted molar refractivity (Wildman–Crippen MR) is 130 cm³/mol. The maximum absolute atomic E-state index is 12.4. The number of hydrogen-bond acceptors (Lipinski definition) is 7.